The molecule has 0 aromatic heterocycles. The third kappa shape index (κ3) is 5.41. The van der Waals surface area contributed by atoms with Gasteiger partial charge in [-0.15, -0.1) is 0 Å². The lowest BCUT2D eigenvalue weighted by Crippen LogP contribution is -2.66. The van der Waals surface area contributed by atoms with Crippen molar-refractivity contribution in [1.82, 2.24) is 0 Å². The maximum Gasteiger partial charge on any atom is 0.261 e. The number of carbonyl (C=O) groups is 1. The molecule has 0 atom stereocenters. The van der Waals surface area contributed by atoms with Gasteiger partial charge in [-0.05, 0) is 34.2 Å². The first-order valence-electron chi connectivity index (χ1n) is 9.62. The maximum absolute atomic E-state index is 10.9. The predicted molar refractivity (Wildman–Crippen MR) is 116 cm³/mol. The Morgan fingerprint density at radius 2 is 1.44 bits per heavy atom. The topological polar surface area (TPSA) is 26.3 Å². The zero-order valence-corrected chi connectivity index (χ0v) is 17.9. The second-order valence-electron chi connectivity index (χ2n) is 7.83. The van der Waals surface area contributed by atoms with E-state index in [4.69, 9.17) is 4.43 Å². The Labute approximate surface area is 165 Å². The second-order valence-corrected chi connectivity index (χ2v) is 12.1. The molecule has 0 heterocycles. The van der Waals surface area contributed by atoms with Crippen molar-refractivity contribution >= 4 is 24.5 Å². The number of benzene rings is 2. The lowest BCUT2D eigenvalue weighted by molar-refractivity contribution is -0.111. The number of rotatable bonds is 7. The van der Waals surface area contributed by atoms with Gasteiger partial charge in [0.25, 0.3) is 8.32 Å². The Hall–Kier alpha value is -2.15. The van der Waals surface area contributed by atoms with Crippen LogP contribution in [0.15, 0.2) is 60.7 Å². The summed E-state index contributed by atoms with van der Waals surface area (Å²) in [6.07, 6.45) is 2.62. The fourth-order valence-corrected chi connectivity index (χ4v) is 8.10. The summed E-state index contributed by atoms with van der Waals surface area (Å²) in [6.45, 7) is 9.07. The second kappa shape index (κ2) is 9.69. The molecular weight excluding hydrogens is 348 g/mol. The van der Waals surface area contributed by atoms with Crippen LogP contribution >= 0.6 is 0 Å². The van der Waals surface area contributed by atoms with E-state index in [0.29, 0.717) is 6.61 Å². The van der Waals surface area contributed by atoms with Gasteiger partial charge in [-0.1, -0.05) is 87.4 Å². The Bertz CT molecular complexity index is 740. The van der Waals surface area contributed by atoms with Gasteiger partial charge in [-0.25, -0.2) is 0 Å². The third-order valence-electron chi connectivity index (χ3n) is 4.70. The molecule has 2 aromatic rings. The highest BCUT2D eigenvalue weighted by Gasteiger charge is 2.49. The number of unbranched alkanes of at least 4 members (excludes halogenated alkanes) is 2. The Morgan fingerprint density at radius 3 is 1.89 bits per heavy atom. The smallest absolute Gasteiger partial charge is 0.261 e. The number of Topliss-reactive ketones (excluding diaryl/α,β-unsaturated/α-hetero) is 1. The molecule has 0 aliphatic rings. The van der Waals surface area contributed by atoms with Gasteiger partial charge in [0.05, 0.1) is 0 Å². The number of hydrogen-bond donors (Lipinski definition) is 0. The fourth-order valence-electron chi connectivity index (χ4n) is 3.49. The van der Waals surface area contributed by atoms with E-state index < -0.39 is 8.32 Å². The molecule has 0 aliphatic carbocycles. The molecule has 2 rings (SSSR count). The minimum atomic E-state index is -2.43. The summed E-state index contributed by atoms with van der Waals surface area (Å²) < 4.78 is 6.82. The van der Waals surface area contributed by atoms with Crippen LogP contribution < -0.4 is 10.4 Å². The molecule has 0 bridgehead atoms. The predicted octanol–water partition coefficient (Wildman–Crippen LogP) is 4.33. The zero-order chi connectivity index (χ0) is 19.8. The summed E-state index contributed by atoms with van der Waals surface area (Å²) in [5, 5.41) is 2.62. The van der Waals surface area contributed by atoms with Gasteiger partial charge >= 0.3 is 0 Å². The summed E-state index contributed by atoms with van der Waals surface area (Å²) in [7, 11) is -2.43. The number of ketones is 1. The molecule has 0 saturated heterocycles. The van der Waals surface area contributed by atoms with E-state index in [1.165, 1.54) is 17.3 Å². The zero-order valence-electron chi connectivity index (χ0n) is 16.9. The van der Waals surface area contributed by atoms with Crippen molar-refractivity contribution in [3.8, 4) is 11.8 Å². The summed E-state index contributed by atoms with van der Waals surface area (Å²) in [6, 6.07) is 21.4. The van der Waals surface area contributed by atoms with Gasteiger partial charge in [-0.2, -0.15) is 0 Å². The van der Waals surface area contributed by atoms with E-state index in [0.717, 1.165) is 19.3 Å². The molecule has 2 nitrogen and oxygen atoms in total. The minimum absolute atomic E-state index is 0.00411. The Kier molecular flexibility index (Phi) is 7.59. The van der Waals surface area contributed by atoms with Gasteiger partial charge in [0.15, 0.2) is 0 Å². The van der Waals surface area contributed by atoms with Crippen LogP contribution in [0.3, 0.4) is 0 Å². The molecular formula is C24H30O2Si. The minimum Gasteiger partial charge on any atom is -0.407 e. The van der Waals surface area contributed by atoms with Crippen LogP contribution in [0.1, 0.15) is 47.0 Å². The van der Waals surface area contributed by atoms with Gasteiger partial charge < -0.3 is 4.43 Å². The van der Waals surface area contributed by atoms with Gasteiger partial charge in [0.2, 0.25) is 5.78 Å². The summed E-state index contributed by atoms with van der Waals surface area (Å²) >= 11 is 0. The largest absolute Gasteiger partial charge is 0.407 e. The van der Waals surface area contributed by atoms with E-state index in [9.17, 15) is 4.79 Å². The normalized spacial score (nSPS) is 11.6. The fraction of sp³-hybridized carbons (Fsp3) is 0.375. The van der Waals surface area contributed by atoms with E-state index in [-0.39, 0.29) is 10.8 Å². The first-order valence-corrected chi connectivity index (χ1v) is 11.5. The van der Waals surface area contributed by atoms with Crippen LogP contribution in [0, 0.1) is 11.8 Å². The SMILES string of the molecule is CC(=O)C#CCCCCO[Si](c1ccccc1)(c1ccccc1)C(C)(C)C. The van der Waals surface area contributed by atoms with Crippen LogP contribution in [0.25, 0.3) is 0 Å². The van der Waals surface area contributed by atoms with Crippen LogP contribution in [0.2, 0.25) is 5.04 Å². The molecule has 27 heavy (non-hydrogen) atoms. The quantitative estimate of drug-likeness (QED) is 0.310. The molecule has 142 valence electrons. The van der Waals surface area contributed by atoms with Crippen molar-refractivity contribution in [2.75, 3.05) is 6.61 Å². The third-order valence-corrected chi connectivity index (χ3v) is 9.74. The molecule has 0 N–H and O–H groups in total. The van der Waals surface area contributed by atoms with Crippen molar-refractivity contribution in [2.45, 2.75) is 52.0 Å². The number of carbonyl (C=O) groups excluding carboxylic acids is 1. The molecule has 3 heteroatoms. The van der Waals surface area contributed by atoms with Crippen molar-refractivity contribution in [1.29, 1.82) is 0 Å². The molecule has 0 fully saturated rings. The number of hydrogen-bond acceptors (Lipinski definition) is 2. The van der Waals surface area contributed by atoms with Crippen molar-refractivity contribution < 1.29 is 9.22 Å². The molecule has 0 saturated carbocycles. The van der Waals surface area contributed by atoms with Crippen molar-refractivity contribution in [2.24, 2.45) is 0 Å². The first-order chi connectivity index (χ1) is 12.9. The Balaban J connectivity index is 2.25. The average Bonchev–Trinajstić information content (AvgIpc) is 2.64. The van der Waals surface area contributed by atoms with Gasteiger partial charge in [-0.3, -0.25) is 4.79 Å². The average molecular weight is 379 g/mol. The van der Waals surface area contributed by atoms with E-state index in [1.54, 1.807) is 0 Å². The monoisotopic (exact) mass is 378 g/mol. The van der Waals surface area contributed by atoms with Gasteiger partial charge in [0, 0.05) is 20.0 Å². The molecule has 0 radical (unpaired) electrons. The lowest BCUT2D eigenvalue weighted by Gasteiger charge is -2.43. The van der Waals surface area contributed by atoms with E-state index >= 15 is 0 Å². The maximum atomic E-state index is 10.9. The van der Waals surface area contributed by atoms with Crippen LogP contribution in [-0.4, -0.2) is 20.7 Å². The van der Waals surface area contributed by atoms with Crippen LogP contribution in [0.5, 0.6) is 0 Å². The lowest BCUT2D eigenvalue weighted by atomic mass is 10.2. The molecule has 0 aliphatic heterocycles. The standard InChI is InChI=1S/C24H30O2Si/c1-21(25)15-9-5-6-14-20-26-27(24(2,3)4,22-16-10-7-11-17-22)23-18-12-8-13-19-23/h7-8,10-13,16-19H,5-6,14,20H2,1-4H3. The van der Waals surface area contributed by atoms with Crippen molar-refractivity contribution in [3.63, 3.8) is 0 Å². The first kappa shape index (κ1) is 21.2. The summed E-state index contributed by atoms with van der Waals surface area (Å²) in [5.41, 5.74) is 0. The Morgan fingerprint density at radius 1 is 0.926 bits per heavy atom. The highest BCUT2D eigenvalue weighted by molar-refractivity contribution is 6.99. The van der Waals surface area contributed by atoms with Crippen LogP contribution in [-0.2, 0) is 9.22 Å². The summed E-state index contributed by atoms with van der Waals surface area (Å²) in [4.78, 5) is 10.9. The highest BCUT2D eigenvalue weighted by Crippen LogP contribution is 2.36. The van der Waals surface area contributed by atoms with Crippen LogP contribution in [0.4, 0.5) is 0 Å². The van der Waals surface area contributed by atoms with Crippen molar-refractivity contribution in [3.05, 3.63) is 60.7 Å². The molecule has 0 spiro atoms. The molecule has 2 aromatic carbocycles. The van der Waals surface area contributed by atoms with E-state index in [2.05, 4.69) is 93.3 Å². The highest BCUT2D eigenvalue weighted by atomic mass is 28.4. The summed E-state index contributed by atoms with van der Waals surface area (Å²) in [5.74, 6) is 5.47. The molecule has 0 amide bonds. The van der Waals surface area contributed by atoms with E-state index in [1.807, 2.05) is 0 Å². The molecule has 0 unspecified atom stereocenters. The van der Waals surface area contributed by atoms with Gasteiger partial charge in [0.1, 0.15) is 0 Å².